The summed E-state index contributed by atoms with van der Waals surface area (Å²) >= 11 is 0. The quantitative estimate of drug-likeness (QED) is 0.336. The molecule has 0 aliphatic carbocycles. The Kier molecular flexibility index (Phi) is 6.58. The van der Waals surface area contributed by atoms with Crippen LogP contribution in [0.15, 0.2) is 88.2 Å². The number of fused-ring (bicyclic) bond motifs is 1. The van der Waals surface area contributed by atoms with Crippen molar-refractivity contribution in [2.24, 2.45) is 0 Å². The fraction of sp³-hybridized carbons (Fsp3) is 0.185. The average Bonchev–Trinajstić information content (AvgIpc) is 3.57. The van der Waals surface area contributed by atoms with Crippen molar-refractivity contribution in [3.63, 3.8) is 0 Å². The van der Waals surface area contributed by atoms with Gasteiger partial charge < -0.3 is 15.1 Å². The van der Waals surface area contributed by atoms with Gasteiger partial charge in [-0.05, 0) is 61.4 Å². The Morgan fingerprint density at radius 1 is 0.861 bits per heavy atom. The maximum Gasteiger partial charge on any atom is 0.293 e. The number of nitrogens with one attached hydrogen (secondary N) is 2. The smallest absolute Gasteiger partial charge is 0.293 e. The molecule has 36 heavy (non-hydrogen) atoms. The Morgan fingerprint density at radius 3 is 2.25 bits per heavy atom. The Hall–Kier alpha value is -3.95. The monoisotopic (exact) mass is 503 g/mol. The molecule has 2 heterocycles. The molecule has 1 fully saturated rings. The van der Waals surface area contributed by atoms with Crippen molar-refractivity contribution in [2.75, 3.05) is 30.3 Å². The number of hydrogen-bond acceptors (Lipinski definition) is 6. The predicted molar refractivity (Wildman–Crippen MR) is 138 cm³/mol. The molecular weight excluding hydrogens is 478 g/mol. The Balaban J connectivity index is 1.33. The summed E-state index contributed by atoms with van der Waals surface area (Å²) in [5.74, 6) is -0.622. The molecule has 1 amide bonds. The first-order chi connectivity index (χ1) is 17.4. The van der Waals surface area contributed by atoms with E-state index in [1.54, 1.807) is 24.3 Å². The standard InChI is InChI=1S/C27H25N3O5S/c31-23(19-12-14-21(15-13-19)36(33,34)30-16-6-7-17-30)18-28-25-22-10-4-5-11-24(22)35-26(25)27(32)29-20-8-2-1-3-9-20/h1-5,8-15,28H,6-7,16-18H2,(H,29,32). The number of carbonyl (C=O) groups excluding carboxylic acids is 2. The van der Waals surface area contributed by atoms with Gasteiger partial charge in [0.25, 0.3) is 5.91 Å². The highest BCUT2D eigenvalue weighted by Gasteiger charge is 2.27. The number of Topliss-reactive ketones (excluding diaryl/α,β-unsaturated/α-hetero) is 1. The number of hydrogen-bond donors (Lipinski definition) is 2. The van der Waals surface area contributed by atoms with Crippen LogP contribution in [0, 0.1) is 0 Å². The third kappa shape index (κ3) is 4.75. The van der Waals surface area contributed by atoms with Crippen LogP contribution >= 0.6 is 0 Å². The molecule has 0 unspecified atom stereocenters. The second-order valence-electron chi connectivity index (χ2n) is 8.53. The number of anilines is 2. The predicted octanol–water partition coefficient (Wildman–Crippen LogP) is 4.76. The Morgan fingerprint density at radius 2 is 1.53 bits per heavy atom. The minimum atomic E-state index is -3.54. The van der Waals surface area contributed by atoms with Crippen molar-refractivity contribution in [3.8, 4) is 0 Å². The van der Waals surface area contributed by atoms with Crippen molar-refractivity contribution in [3.05, 3.63) is 90.2 Å². The number of para-hydroxylation sites is 2. The first kappa shape index (κ1) is 23.8. The van der Waals surface area contributed by atoms with Gasteiger partial charge in [0.15, 0.2) is 5.78 Å². The van der Waals surface area contributed by atoms with Gasteiger partial charge in [0.2, 0.25) is 15.8 Å². The van der Waals surface area contributed by atoms with E-state index in [0.29, 0.717) is 41.0 Å². The van der Waals surface area contributed by atoms with Crippen LogP contribution in [0.4, 0.5) is 11.4 Å². The first-order valence-corrected chi connectivity index (χ1v) is 13.1. The van der Waals surface area contributed by atoms with Gasteiger partial charge in [-0.1, -0.05) is 30.3 Å². The normalized spacial score (nSPS) is 14.1. The molecule has 3 aromatic carbocycles. The number of ketones is 1. The van der Waals surface area contributed by atoms with E-state index < -0.39 is 15.9 Å². The molecule has 4 aromatic rings. The summed E-state index contributed by atoms with van der Waals surface area (Å²) < 4.78 is 32.8. The van der Waals surface area contributed by atoms with Crippen LogP contribution in [0.3, 0.4) is 0 Å². The molecule has 0 radical (unpaired) electrons. The zero-order valence-corrected chi connectivity index (χ0v) is 20.3. The third-order valence-electron chi connectivity index (χ3n) is 6.14. The van der Waals surface area contributed by atoms with Crippen LogP contribution in [0.25, 0.3) is 11.0 Å². The highest BCUT2D eigenvalue weighted by molar-refractivity contribution is 7.89. The molecule has 1 aliphatic rings. The zero-order valence-electron chi connectivity index (χ0n) is 19.4. The van der Waals surface area contributed by atoms with Crippen LogP contribution in [0.1, 0.15) is 33.8 Å². The number of rotatable bonds is 8. The minimum Gasteiger partial charge on any atom is -0.449 e. The molecule has 1 aromatic heterocycles. The van der Waals surface area contributed by atoms with Crippen molar-refractivity contribution < 1.29 is 22.4 Å². The molecule has 184 valence electrons. The second-order valence-corrected chi connectivity index (χ2v) is 10.5. The van der Waals surface area contributed by atoms with E-state index in [4.69, 9.17) is 4.42 Å². The first-order valence-electron chi connectivity index (χ1n) is 11.7. The fourth-order valence-corrected chi connectivity index (χ4v) is 5.77. The Labute approximate surface area is 209 Å². The summed E-state index contributed by atoms with van der Waals surface area (Å²) in [6.07, 6.45) is 1.71. The van der Waals surface area contributed by atoms with Gasteiger partial charge in [0.05, 0.1) is 17.1 Å². The highest BCUT2D eigenvalue weighted by atomic mass is 32.2. The minimum absolute atomic E-state index is 0.0694. The van der Waals surface area contributed by atoms with E-state index in [1.807, 2.05) is 30.3 Å². The topological polar surface area (TPSA) is 109 Å². The van der Waals surface area contributed by atoms with E-state index in [2.05, 4.69) is 10.6 Å². The Bertz CT molecular complexity index is 1510. The largest absolute Gasteiger partial charge is 0.449 e. The number of furan rings is 1. The molecular formula is C27H25N3O5S. The fourth-order valence-electron chi connectivity index (χ4n) is 4.25. The van der Waals surface area contributed by atoms with Crippen molar-refractivity contribution in [2.45, 2.75) is 17.7 Å². The lowest BCUT2D eigenvalue weighted by Gasteiger charge is -2.15. The van der Waals surface area contributed by atoms with E-state index in [0.717, 1.165) is 12.8 Å². The van der Waals surface area contributed by atoms with Gasteiger partial charge in [-0.3, -0.25) is 9.59 Å². The lowest BCUT2D eigenvalue weighted by molar-refractivity contribution is 0.0991. The number of benzene rings is 3. The van der Waals surface area contributed by atoms with Crippen molar-refractivity contribution in [1.29, 1.82) is 0 Å². The van der Waals surface area contributed by atoms with Crippen LogP contribution in [-0.2, 0) is 10.0 Å². The van der Waals surface area contributed by atoms with Crippen LogP contribution in [0.2, 0.25) is 0 Å². The maximum atomic E-state index is 13.0. The van der Waals surface area contributed by atoms with E-state index in [9.17, 15) is 18.0 Å². The average molecular weight is 504 g/mol. The molecule has 1 saturated heterocycles. The summed E-state index contributed by atoms with van der Waals surface area (Å²) in [4.78, 5) is 26.1. The van der Waals surface area contributed by atoms with Gasteiger partial charge in [-0.25, -0.2) is 8.42 Å². The van der Waals surface area contributed by atoms with Gasteiger partial charge in [-0.2, -0.15) is 4.31 Å². The van der Waals surface area contributed by atoms with Gasteiger partial charge in [0, 0.05) is 29.7 Å². The van der Waals surface area contributed by atoms with E-state index in [-0.39, 0.29) is 23.0 Å². The van der Waals surface area contributed by atoms with Crippen molar-refractivity contribution in [1.82, 2.24) is 4.31 Å². The molecule has 0 spiro atoms. The molecule has 0 saturated carbocycles. The summed E-state index contributed by atoms with van der Waals surface area (Å²) in [6, 6.07) is 22.2. The molecule has 2 N–H and O–H groups in total. The lowest BCUT2D eigenvalue weighted by atomic mass is 10.1. The van der Waals surface area contributed by atoms with Crippen molar-refractivity contribution >= 4 is 44.1 Å². The number of carbonyl (C=O) groups is 2. The summed E-state index contributed by atoms with van der Waals surface area (Å²) in [7, 11) is -3.54. The maximum absolute atomic E-state index is 13.0. The lowest BCUT2D eigenvalue weighted by Crippen LogP contribution is -2.27. The van der Waals surface area contributed by atoms with Crippen LogP contribution in [-0.4, -0.2) is 44.0 Å². The van der Waals surface area contributed by atoms with Gasteiger partial charge >= 0.3 is 0 Å². The zero-order chi connectivity index (χ0) is 25.1. The summed E-state index contributed by atoms with van der Waals surface area (Å²) in [6.45, 7) is 0.935. The molecule has 9 heteroatoms. The molecule has 0 bridgehead atoms. The SMILES string of the molecule is O=C(CNc1c(C(=O)Nc2ccccc2)oc2ccccc12)c1ccc(S(=O)(=O)N2CCCC2)cc1. The summed E-state index contributed by atoms with van der Waals surface area (Å²) in [5, 5.41) is 6.54. The summed E-state index contributed by atoms with van der Waals surface area (Å²) in [5.41, 5.74) is 1.92. The molecule has 1 aliphatic heterocycles. The van der Waals surface area contributed by atoms with Gasteiger partial charge in [-0.15, -0.1) is 0 Å². The highest BCUT2D eigenvalue weighted by Crippen LogP contribution is 2.31. The number of amides is 1. The second kappa shape index (κ2) is 9.96. The van der Waals surface area contributed by atoms with Crippen LogP contribution in [0.5, 0.6) is 0 Å². The van der Waals surface area contributed by atoms with Crippen LogP contribution < -0.4 is 10.6 Å². The molecule has 0 atom stereocenters. The van der Waals surface area contributed by atoms with Gasteiger partial charge in [0.1, 0.15) is 5.58 Å². The van der Waals surface area contributed by atoms with E-state index in [1.165, 1.54) is 28.6 Å². The van der Waals surface area contributed by atoms with E-state index >= 15 is 0 Å². The third-order valence-corrected chi connectivity index (χ3v) is 8.05. The number of nitrogens with zero attached hydrogens (tertiary/aromatic N) is 1. The molecule has 5 rings (SSSR count). The molecule has 8 nitrogen and oxygen atoms in total. The number of sulfonamides is 1.